The smallest absolute Gasteiger partial charge is 0.118 e. The quantitative estimate of drug-likeness (QED) is 0.693. The van der Waals surface area contributed by atoms with Gasteiger partial charge in [0.05, 0.1) is 7.11 Å². The van der Waals surface area contributed by atoms with Gasteiger partial charge in [0.1, 0.15) is 5.75 Å². The molecule has 1 unspecified atom stereocenters. The molecule has 1 rings (SSSR count). The van der Waals surface area contributed by atoms with Gasteiger partial charge in [-0.3, -0.25) is 0 Å². The van der Waals surface area contributed by atoms with Crippen LogP contribution in [0.5, 0.6) is 5.75 Å². The summed E-state index contributed by atoms with van der Waals surface area (Å²) in [5, 5.41) is 0. The second kappa shape index (κ2) is 4.09. The van der Waals surface area contributed by atoms with Crippen molar-refractivity contribution >= 4 is 0 Å². The van der Waals surface area contributed by atoms with Crippen molar-refractivity contribution in [1.82, 2.24) is 0 Å². The summed E-state index contributed by atoms with van der Waals surface area (Å²) in [6.07, 6.45) is 0. The summed E-state index contributed by atoms with van der Waals surface area (Å²) in [5.41, 5.74) is 12.2. The molecule has 66 valence electrons. The van der Waals surface area contributed by atoms with E-state index in [-0.39, 0.29) is 6.04 Å². The lowest BCUT2D eigenvalue weighted by atomic mass is 10.1. The number of hydrogen-bond donors (Lipinski definition) is 2. The van der Waals surface area contributed by atoms with E-state index in [0.29, 0.717) is 6.54 Å². The monoisotopic (exact) mass is 166 g/mol. The Balaban J connectivity index is 2.77. The van der Waals surface area contributed by atoms with E-state index in [0.717, 1.165) is 11.3 Å². The van der Waals surface area contributed by atoms with Gasteiger partial charge in [0.2, 0.25) is 0 Å². The Kier molecular flexibility index (Phi) is 3.08. The van der Waals surface area contributed by atoms with Crippen molar-refractivity contribution in [2.45, 2.75) is 6.04 Å². The summed E-state index contributed by atoms with van der Waals surface area (Å²) in [4.78, 5) is 0. The highest BCUT2D eigenvalue weighted by Gasteiger charge is 2.01. The first-order chi connectivity index (χ1) is 5.77. The topological polar surface area (TPSA) is 61.3 Å². The van der Waals surface area contributed by atoms with Crippen LogP contribution in [0.2, 0.25) is 0 Å². The molecule has 1 atom stereocenters. The van der Waals surface area contributed by atoms with Gasteiger partial charge in [-0.25, -0.2) is 0 Å². The van der Waals surface area contributed by atoms with Gasteiger partial charge in [-0.1, -0.05) is 12.1 Å². The lowest BCUT2D eigenvalue weighted by molar-refractivity contribution is 0.414. The summed E-state index contributed by atoms with van der Waals surface area (Å²) >= 11 is 0. The molecule has 0 spiro atoms. The fourth-order valence-electron chi connectivity index (χ4n) is 0.987. The molecule has 12 heavy (non-hydrogen) atoms. The first kappa shape index (κ1) is 9.03. The molecule has 0 saturated carbocycles. The Morgan fingerprint density at radius 3 is 2.33 bits per heavy atom. The number of benzene rings is 1. The predicted molar refractivity (Wildman–Crippen MR) is 49.0 cm³/mol. The fourth-order valence-corrected chi connectivity index (χ4v) is 0.987. The second-order valence-corrected chi connectivity index (χ2v) is 2.62. The molecular weight excluding hydrogens is 152 g/mol. The molecule has 4 N–H and O–H groups in total. The van der Waals surface area contributed by atoms with Crippen LogP contribution in [0.4, 0.5) is 0 Å². The van der Waals surface area contributed by atoms with Crippen molar-refractivity contribution in [2.75, 3.05) is 13.7 Å². The second-order valence-electron chi connectivity index (χ2n) is 2.62. The Bertz CT molecular complexity index is 233. The summed E-state index contributed by atoms with van der Waals surface area (Å²) in [6.45, 7) is 0.465. The summed E-state index contributed by atoms with van der Waals surface area (Å²) < 4.78 is 5.01. The van der Waals surface area contributed by atoms with Crippen LogP contribution in [0.25, 0.3) is 0 Å². The van der Waals surface area contributed by atoms with E-state index in [2.05, 4.69) is 0 Å². The van der Waals surface area contributed by atoms with E-state index in [1.165, 1.54) is 0 Å². The molecular formula is C9H14N2O. The molecule has 1 aromatic rings. The highest BCUT2D eigenvalue weighted by molar-refractivity contribution is 5.28. The third-order valence-corrected chi connectivity index (χ3v) is 1.80. The molecule has 0 aliphatic heterocycles. The van der Waals surface area contributed by atoms with Crippen LogP contribution >= 0.6 is 0 Å². The van der Waals surface area contributed by atoms with Crippen molar-refractivity contribution in [3.8, 4) is 5.75 Å². The van der Waals surface area contributed by atoms with Gasteiger partial charge in [-0.15, -0.1) is 0 Å². The molecule has 0 aromatic heterocycles. The van der Waals surface area contributed by atoms with Crippen molar-refractivity contribution in [3.63, 3.8) is 0 Å². The summed E-state index contributed by atoms with van der Waals surface area (Å²) in [5.74, 6) is 0.836. The van der Waals surface area contributed by atoms with Crippen LogP contribution in [0.1, 0.15) is 11.6 Å². The first-order valence-electron chi connectivity index (χ1n) is 3.87. The van der Waals surface area contributed by atoms with E-state index < -0.39 is 0 Å². The molecule has 0 fully saturated rings. The van der Waals surface area contributed by atoms with Gasteiger partial charge in [0.15, 0.2) is 0 Å². The van der Waals surface area contributed by atoms with Gasteiger partial charge < -0.3 is 16.2 Å². The molecule has 0 bridgehead atoms. The highest BCUT2D eigenvalue weighted by Crippen LogP contribution is 2.14. The van der Waals surface area contributed by atoms with E-state index in [1.54, 1.807) is 7.11 Å². The van der Waals surface area contributed by atoms with Crippen molar-refractivity contribution in [1.29, 1.82) is 0 Å². The molecule has 0 radical (unpaired) electrons. The normalized spacial score (nSPS) is 12.6. The van der Waals surface area contributed by atoms with E-state index in [1.807, 2.05) is 24.3 Å². The Morgan fingerprint density at radius 2 is 1.92 bits per heavy atom. The molecule has 0 aliphatic carbocycles. The minimum absolute atomic E-state index is 0.0732. The maximum atomic E-state index is 5.72. The number of methoxy groups -OCH3 is 1. The lowest BCUT2D eigenvalue weighted by Gasteiger charge is -2.08. The van der Waals surface area contributed by atoms with E-state index in [4.69, 9.17) is 16.2 Å². The van der Waals surface area contributed by atoms with Gasteiger partial charge in [0.25, 0.3) is 0 Å². The molecule has 3 nitrogen and oxygen atoms in total. The zero-order valence-electron chi connectivity index (χ0n) is 7.16. The summed E-state index contributed by atoms with van der Waals surface area (Å²) in [7, 11) is 1.64. The van der Waals surface area contributed by atoms with Crippen molar-refractivity contribution < 1.29 is 4.74 Å². The molecule has 0 saturated heterocycles. The average Bonchev–Trinajstić information content (AvgIpc) is 2.17. The standard InChI is InChI=1S/C9H14N2O/c1-12-8-4-2-7(3-5-8)9(11)6-10/h2-5,9H,6,10-11H2,1H3. The van der Waals surface area contributed by atoms with Crippen LogP contribution in [0, 0.1) is 0 Å². The van der Waals surface area contributed by atoms with Crippen LogP contribution in [-0.2, 0) is 0 Å². The predicted octanol–water partition coefficient (Wildman–Crippen LogP) is 0.654. The highest BCUT2D eigenvalue weighted by atomic mass is 16.5. The van der Waals surface area contributed by atoms with E-state index >= 15 is 0 Å². The maximum Gasteiger partial charge on any atom is 0.118 e. The molecule has 0 amide bonds. The minimum Gasteiger partial charge on any atom is -0.497 e. The Labute approximate surface area is 72.3 Å². The zero-order valence-corrected chi connectivity index (χ0v) is 7.16. The molecule has 0 heterocycles. The number of hydrogen-bond acceptors (Lipinski definition) is 3. The third kappa shape index (κ3) is 1.96. The van der Waals surface area contributed by atoms with Crippen molar-refractivity contribution in [2.24, 2.45) is 11.5 Å². The van der Waals surface area contributed by atoms with E-state index in [9.17, 15) is 0 Å². The van der Waals surface area contributed by atoms with Crippen LogP contribution < -0.4 is 16.2 Å². The van der Waals surface area contributed by atoms with Gasteiger partial charge in [-0.05, 0) is 17.7 Å². The lowest BCUT2D eigenvalue weighted by Crippen LogP contribution is -2.20. The molecule has 0 aliphatic rings. The first-order valence-corrected chi connectivity index (χ1v) is 3.87. The van der Waals surface area contributed by atoms with Crippen LogP contribution in [0.15, 0.2) is 24.3 Å². The Hall–Kier alpha value is -1.06. The SMILES string of the molecule is COc1ccc(C(N)CN)cc1. The number of rotatable bonds is 3. The van der Waals surface area contributed by atoms with Gasteiger partial charge >= 0.3 is 0 Å². The van der Waals surface area contributed by atoms with Crippen LogP contribution in [-0.4, -0.2) is 13.7 Å². The fraction of sp³-hybridized carbons (Fsp3) is 0.333. The summed E-state index contributed by atoms with van der Waals surface area (Å²) in [6, 6.07) is 7.54. The number of nitrogens with two attached hydrogens (primary N) is 2. The minimum atomic E-state index is -0.0732. The van der Waals surface area contributed by atoms with Crippen LogP contribution in [0.3, 0.4) is 0 Å². The molecule has 1 aromatic carbocycles. The average molecular weight is 166 g/mol. The Morgan fingerprint density at radius 1 is 1.33 bits per heavy atom. The van der Waals surface area contributed by atoms with Crippen molar-refractivity contribution in [3.05, 3.63) is 29.8 Å². The van der Waals surface area contributed by atoms with Gasteiger partial charge in [-0.2, -0.15) is 0 Å². The van der Waals surface area contributed by atoms with Gasteiger partial charge in [0, 0.05) is 12.6 Å². The largest absolute Gasteiger partial charge is 0.497 e. The maximum absolute atomic E-state index is 5.72. The number of ether oxygens (including phenoxy) is 1. The third-order valence-electron chi connectivity index (χ3n) is 1.80. The zero-order chi connectivity index (χ0) is 8.97. The molecule has 3 heteroatoms.